The minimum absolute atomic E-state index is 0.0446. The summed E-state index contributed by atoms with van der Waals surface area (Å²) in [5, 5.41) is 9.88. The Morgan fingerprint density at radius 1 is 1.00 bits per heavy atom. The number of aliphatic carboxylic acids is 1. The highest BCUT2D eigenvalue weighted by Gasteiger charge is 2.51. The first kappa shape index (κ1) is 22.3. The number of hydrogen-bond acceptors (Lipinski definition) is 4. The Balaban J connectivity index is 1.52. The van der Waals surface area contributed by atoms with E-state index in [4.69, 9.17) is 0 Å². The lowest BCUT2D eigenvalue weighted by molar-refractivity contribution is -0.162. The minimum Gasteiger partial charge on any atom is -0.481 e. The van der Waals surface area contributed by atoms with E-state index in [2.05, 4.69) is 0 Å². The van der Waals surface area contributed by atoms with E-state index in [1.807, 2.05) is 24.3 Å². The van der Waals surface area contributed by atoms with Crippen LogP contribution >= 0.6 is 0 Å². The van der Waals surface area contributed by atoms with Crippen LogP contribution in [0.3, 0.4) is 0 Å². The molecule has 5 rings (SSSR count). The molecule has 1 saturated carbocycles. The maximum Gasteiger partial charge on any atom is 0.307 e. The molecule has 3 unspecified atom stereocenters. The van der Waals surface area contributed by atoms with Crippen molar-refractivity contribution in [1.82, 2.24) is 9.80 Å². The van der Waals surface area contributed by atoms with Gasteiger partial charge in [-0.15, -0.1) is 0 Å². The molecule has 7 heteroatoms. The van der Waals surface area contributed by atoms with Crippen molar-refractivity contribution < 1.29 is 24.3 Å². The Labute approximate surface area is 198 Å². The molecule has 0 spiro atoms. The summed E-state index contributed by atoms with van der Waals surface area (Å²) in [5.74, 6) is -2.60. The maximum absolute atomic E-state index is 14.0. The van der Waals surface area contributed by atoms with E-state index in [9.17, 15) is 24.3 Å². The number of amides is 3. The fourth-order valence-electron chi connectivity index (χ4n) is 5.98. The van der Waals surface area contributed by atoms with Crippen LogP contribution < -0.4 is 0 Å². The van der Waals surface area contributed by atoms with Crippen LogP contribution in [0.2, 0.25) is 0 Å². The maximum atomic E-state index is 14.0. The molecule has 3 atom stereocenters. The molecule has 1 fully saturated rings. The van der Waals surface area contributed by atoms with Crippen LogP contribution in [0.5, 0.6) is 0 Å². The van der Waals surface area contributed by atoms with Gasteiger partial charge in [-0.05, 0) is 49.4 Å². The van der Waals surface area contributed by atoms with Crippen LogP contribution in [0.25, 0.3) is 0 Å². The van der Waals surface area contributed by atoms with Gasteiger partial charge in [0, 0.05) is 6.54 Å². The van der Waals surface area contributed by atoms with Crippen LogP contribution in [0.4, 0.5) is 0 Å². The fraction of sp³-hybridized carbons (Fsp3) is 0.407. The van der Waals surface area contributed by atoms with Crippen molar-refractivity contribution in [2.75, 3.05) is 13.1 Å². The zero-order valence-electron chi connectivity index (χ0n) is 19.2. The van der Waals surface area contributed by atoms with Gasteiger partial charge in [0.2, 0.25) is 5.91 Å². The first-order valence-corrected chi connectivity index (χ1v) is 11.9. The Morgan fingerprint density at radius 3 is 2.32 bits per heavy atom. The molecule has 2 aromatic rings. The summed E-state index contributed by atoms with van der Waals surface area (Å²) in [6, 6.07) is 14.0. The van der Waals surface area contributed by atoms with Gasteiger partial charge in [0.25, 0.3) is 11.8 Å². The largest absolute Gasteiger partial charge is 0.481 e. The molecule has 0 radical (unpaired) electrons. The summed E-state index contributed by atoms with van der Waals surface area (Å²) in [7, 11) is 0. The van der Waals surface area contributed by atoms with E-state index in [0.29, 0.717) is 36.9 Å². The Bertz CT molecular complexity index is 1160. The van der Waals surface area contributed by atoms with Crippen molar-refractivity contribution in [3.8, 4) is 0 Å². The standard InChI is InChI=1S/C27H28N2O5/c1-27(14-7-6-12-21(27)25(32)33)26(34)28-15-13-17-8-2-3-9-18(17)22(28)16-29-23(30)19-10-4-5-11-20(19)24(29)31/h2-5,8-11,21-22H,6-7,12-16H2,1H3,(H,32,33). The summed E-state index contributed by atoms with van der Waals surface area (Å²) in [5.41, 5.74) is 1.72. The molecular weight excluding hydrogens is 432 g/mol. The number of hydrogen-bond donors (Lipinski definition) is 1. The molecular formula is C27H28N2O5. The molecule has 3 aliphatic rings. The van der Waals surface area contributed by atoms with Crippen LogP contribution in [0.15, 0.2) is 48.5 Å². The summed E-state index contributed by atoms with van der Waals surface area (Å²) >= 11 is 0. The average molecular weight is 461 g/mol. The number of fused-ring (bicyclic) bond motifs is 2. The van der Waals surface area contributed by atoms with Crippen molar-refractivity contribution >= 4 is 23.7 Å². The quantitative estimate of drug-likeness (QED) is 0.703. The van der Waals surface area contributed by atoms with Gasteiger partial charge in [0.1, 0.15) is 0 Å². The third-order valence-corrected chi connectivity index (χ3v) is 7.90. The zero-order valence-corrected chi connectivity index (χ0v) is 19.2. The molecule has 2 aromatic carbocycles. The number of rotatable bonds is 4. The molecule has 3 amide bonds. The normalized spacial score (nSPS) is 26.3. The molecule has 0 saturated heterocycles. The lowest BCUT2D eigenvalue weighted by Crippen LogP contribution is -2.54. The number of carboxylic acids is 1. The molecule has 2 aliphatic heterocycles. The van der Waals surface area contributed by atoms with Gasteiger partial charge < -0.3 is 10.0 Å². The molecule has 34 heavy (non-hydrogen) atoms. The zero-order chi connectivity index (χ0) is 24.0. The van der Waals surface area contributed by atoms with Crippen molar-refractivity contribution in [3.05, 3.63) is 70.8 Å². The van der Waals surface area contributed by atoms with Gasteiger partial charge in [-0.1, -0.05) is 49.2 Å². The van der Waals surface area contributed by atoms with Crippen LogP contribution in [0.1, 0.15) is 70.5 Å². The highest BCUT2D eigenvalue weighted by atomic mass is 16.4. The fourth-order valence-corrected chi connectivity index (χ4v) is 5.98. The van der Waals surface area contributed by atoms with Crippen LogP contribution in [0, 0.1) is 11.3 Å². The second-order valence-corrected chi connectivity index (χ2v) is 9.78. The monoisotopic (exact) mass is 460 g/mol. The smallest absolute Gasteiger partial charge is 0.307 e. The van der Waals surface area contributed by atoms with Crippen molar-refractivity contribution in [2.24, 2.45) is 11.3 Å². The lowest BCUT2D eigenvalue weighted by atomic mass is 9.66. The van der Waals surface area contributed by atoms with Gasteiger partial charge in [0.15, 0.2) is 0 Å². The number of benzene rings is 2. The summed E-state index contributed by atoms with van der Waals surface area (Å²) in [4.78, 5) is 55.3. The summed E-state index contributed by atoms with van der Waals surface area (Å²) in [6.07, 6.45) is 3.24. The predicted octanol–water partition coefficient (Wildman–Crippen LogP) is 3.69. The van der Waals surface area contributed by atoms with E-state index in [-0.39, 0.29) is 24.3 Å². The van der Waals surface area contributed by atoms with E-state index in [1.165, 1.54) is 4.90 Å². The Hall–Kier alpha value is -3.48. The highest BCUT2D eigenvalue weighted by Crippen LogP contribution is 2.45. The molecule has 2 heterocycles. The highest BCUT2D eigenvalue weighted by molar-refractivity contribution is 6.21. The molecule has 1 N–H and O–H groups in total. The van der Waals surface area contributed by atoms with Gasteiger partial charge in [0.05, 0.1) is 35.0 Å². The van der Waals surface area contributed by atoms with Crippen LogP contribution in [-0.4, -0.2) is 51.7 Å². The molecule has 0 aromatic heterocycles. The van der Waals surface area contributed by atoms with Crippen molar-refractivity contribution in [3.63, 3.8) is 0 Å². The second-order valence-electron chi connectivity index (χ2n) is 9.78. The van der Waals surface area contributed by atoms with E-state index in [1.54, 1.807) is 36.1 Å². The van der Waals surface area contributed by atoms with Crippen LogP contribution in [-0.2, 0) is 16.0 Å². The Morgan fingerprint density at radius 2 is 1.65 bits per heavy atom. The molecule has 0 bridgehead atoms. The van der Waals surface area contributed by atoms with Crippen molar-refractivity contribution in [1.29, 1.82) is 0 Å². The number of imide groups is 1. The number of carbonyl (C=O) groups is 4. The van der Waals surface area contributed by atoms with E-state index >= 15 is 0 Å². The van der Waals surface area contributed by atoms with Gasteiger partial charge in [-0.25, -0.2) is 0 Å². The average Bonchev–Trinajstić information content (AvgIpc) is 3.09. The SMILES string of the molecule is CC1(C(=O)N2CCc3ccccc3C2CN2C(=O)c3ccccc3C2=O)CCCCC1C(=O)O. The third-order valence-electron chi connectivity index (χ3n) is 7.90. The third kappa shape index (κ3) is 3.42. The first-order chi connectivity index (χ1) is 16.3. The van der Waals surface area contributed by atoms with Gasteiger partial charge in [-0.2, -0.15) is 0 Å². The molecule has 7 nitrogen and oxygen atoms in total. The predicted molar refractivity (Wildman–Crippen MR) is 124 cm³/mol. The molecule has 1 aliphatic carbocycles. The Kier molecular flexibility index (Phi) is 5.50. The number of carboxylic acid groups (broad SMARTS) is 1. The number of carbonyl (C=O) groups excluding carboxylic acids is 3. The first-order valence-electron chi connectivity index (χ1n) is 11.9. The van der Waals surface area contributed by atoms with Gasteiger partial charge in [-0.3, -0.25) is 24.1 Å². The number of nitrogens with zero attached hydrogens (tertiary/aromatic N) is 2. The minimum atomic E-state index is -1.02. The lowest BCUT2D eigenvalue weighted by Gasteiger charge is -2.46. The van der Waals surface area contributed by atoms with Gasteiger partial charge >= 0.3 is 5.97 Å². The van der Waals surface area contributed by atoms with Crippen molar-refractivity contribution in [2.45, 2.75) is 45.1 Å². The van der Waals surface area contributed by atoms with E-state index < -0.39 is 23.3 Å². The summed E-state index contributed by atoms with van der Waals surface area (Å²) in [6.45, 7) is 2.24. The second kappa shape index (κ2) is 8.38. The summed E-state index contributed by atoms with van der Waals surface area (Å²) < 4.78 is 0. The topological polar surface area (TPSA) is 95.0 Å². The molecule has 176 valence electrons. The van der Waals surface area contributed by atoms with E-state index in [0.717, 1.165) is 24.0 Å².